The molecule has 0 atom stereocenters. The van der Waals surface area contributed by atoms with Crippen LogP contribution in [0.15, 0.2) is 66.9 Å². The van der Waals surface area contributed by atoms with Gasteiger partial charge in [-0.2, -0.15) is 0 Å². The molecule has 3 aromatic rings. The van der Waals surface area contributed by atoms with Gasteiger partial charge in [0.15, 0.2) is 18.1 Å². The molecule has 9 heteroatoms. The van der Waals surface area contributed by atoms with E-state index in [1.807, 2.05) is 11.0 Å². The molecule has 2 N–H and O–H groups in total. The second kappa shape index (κ2) is 11.2. The van der Waals surface area contributed by atoms with E-state index in [0.717, 1.165) is 0 Å². The highest BCUT2D eigenvalue weighted by molar-refractivity contribution is 6.08. The van der Waals surface area contributed by atoms with Crippen molar-refractivity contribution in [2.75, 3.05) is 55.6 Å². The van der Waals surface area contributed by atoms with E-state index in [-0.39, 0.29) is 18.4 Å². The van der Waals surface area contributed by atoms with Gasteiger partial charge in [0.05, 0.1) is 25.9 Å². The lowest BCUT2D eigenvalue weighted by Crippen LogP contribution is -2.38. The molecule has 176 valence electrons. The number of hydrogen-bond donors (Lipinski definition) is 2. The van der Waals surface area contributed by atoms with Crippen molar-refractivity contribution in [3.8, 4) is 11.5 Å². The van der Waals surface area contributed by atoms with Crippen LogP contribution in [-0.4, -0.2) is 56.8 Å². The number of nitrogens with one attached hydrogen (secondary N) is 2. The number of anilines is 3. The average molecular weight is 463 g/mol. The third kappa shape index (κ3) is 5.81. The summed E-state index contributed by atoms with van der Waals surface area (Å²) in [6, 6.07) is 17.5. The molecule has 1 aromatic heterocycles. The molecule has 0 spiro atoms. The maximum atomic E-state index is 13.0. The Hall–Kier alpha value is -4.11. The van der Waals surface area contributed by atoms with E-state index in [2.05, 4.69) is 15.6 Å². The Morgan fingerprint density at radius 1 is 0.971 bits per heavy atom. The van der Waals surface area contributed by atoms with Crippen LogP contribution >= 0.6 is 0 Å². The Bertz CT molecular complexity index is 1150. The van der Waals surface area contributed by atoms with Crippen LogP contribution in [0.3, 0.4) is 0 Å². The van der Waals surface area contributed by atoms with Crippen LogP contribution in [0.25, 0.3) is 0 Å². The first kappa shape index (κ1) is 23.1. The van der Waals surface area contributed by atoms with Crippen LogP contribution in [0, 0.1) is 0 Å². The van der Waals surface area contributed by atoms with E-state index in [0.29, 0.717) is 60.6 Å². The van der Waals surface area contributed by atoms with Gasteiger partial charge in [-0.05, 0) is 42.5 Å². The minimum atomic E-state index is -0.337. The number of para-hydroxylation sites is 2. The fourth-order valence-corrected chi connectivity index (χ4v) is 3.55. The number of hydrogen-bond acceptors (Lipinski definition) is 7. The summed E-state index contributed by atoms with van der Waals surface area (Å²) in [5, 5.41) is 5.66. The summed E-state index contributed by atoms with van der Waals surface area (Å²) in [5.41, 5.74) is 1.56. The molecule has 0 radical (unpaired) electrons. The summed E-state index contributed by atoms with van der Waals surface area (Å²) in [6.45, 7) is 2.36. The number of carbonyl (C=O) groups excluding carboxylic acids is 2. The van der Waals surface area contributed by atoms with E-state index < -0.39 is 0 Å². The Kier molecular flexibility index (Phi) is 7.56. The summed E-state index contributed by atoms with van der Waals surface area (Å²) in [4.78, 5) is 31.8. The Morgan fingerprint density at radius 2 is 1.71 bits per heavy atom. The molecule has 9 nitrogen and oxygen atoms in total. The Morgan fingerprint density at radius 3 is 2.47 bits per heavy atom. The maximum absolute atomic E-state index is 13.0. The normalized spacial score (nSPS) is 13.1. The van der Waals surface area contributed by atoms with Crippen LogP contribution < -0.4 is 25.0 Å². The van der Waals surface area contributed by atoms with Crippen molar-refractivity contribution in [2.45, 2.75) is 0 Å². The predicted molar refractivity (Wildman–Crippen MR) is 129 cm³/mol. The van der Waals surface area contributed by atoms with Gasteiger partial charge >= 0.3 is 0 Å². The highest BCUT2D eigenvalue weighted by Gasteiger charge is 2.20. The van der Waals surface area contributed by atoms with Gasteiger partial charge in [0.25, 0.3) is 11.8 Å². The van der Waals surface area contributed by atoms with E-state index in [1.165, 1.54) is 7.11 Å². The van der Waals surface area contributed by atoms with E-state index >= 15 is 0 Å². The lowest BCUT2D eigenvalue weighted by molar-refractivity contribution is -0.118. The molecule has 34 heavy (non-hydrogen) atoms. The van der Waals surface area contributed by atoms with Gasteiger partial charge < -0.3 is 29.7 Å². The Balaban J connectivity index is 1.38. The summed E-state index contributed by atoms with van der Waals surface area (Å²) in [6.07, 6.45) is 1.67. The monoisotopic (exact) mass is 462 g/mol. The van der Waals surface area contributed by atoms with Gasteiger partial charge in [-0.3, -0.25) is 9.59 Å². The number of benzene rings is 2. The quantitative estimate of drug-likeness (QED) is 0.530. The molecule has 1 aliphatic rings. The third-order valence-electron chi connectivity index (χ3n) is 5.17. The van der Waals surface area contributed by atoms with Crippen LogP contribution in [0.5, 0.6) is 11.5 Å². The van der Waals surface area contributed by atoms with Gasteiger partial charge in [0.1, 0.15) is 5.82 Å². The Labute approximate surface area is 197 Å². The summed E-state index contributed by atoms with van der Waals surface area (Å²) in [5.74, 6) is 1.04. The largest absolute Gasteiger partial charge is 0.493 e. The molecule has 2 heterocycles. The molecule has 0 saturated carbocycles. The summed E-state index contributed by atoms with van der Waals surface area (Å²) < 4.78 is 16.2. The standard InChI is InChI=1S/C25H26N4O5/c1-32-21-9-2-3-10-22(21)34-17-23(30)27-18-6-4-7-19(16-18)28-25(31)20-8-5-11-26-24(20)29-12-14-33-15-13-29/h2-11,16H,12-15,17H2,1H3,(H,27,30)(H,28,31). The highest BCUT2D eigenvalue weighted by atomic mass is 16.5. The molecule has 0 unspecified atom stereocenters. The van der Waals surface area contributed by atoms with Crippen molar-refractivity contribution < 1.29 is 23.8 Å². The van der Waals surface area contributed by atoms with Crippen molar-refractivity contribution in [2.24, 2.45) is 0 Å². The average Bonchev–Trinajstić information content (AvgIpc) is 2.88. The number of nitrogens with zero attached hydrogens (tertiary/aromatic N) is 2. The molecule has 2 aromatic carbocycles. The van der Waals surface area contributed by atoms with Crippen LogP contribution in [-0.2, 0) is 9.53 Å². The third-order valence-corrected chi connectivity index (χ3v) is 5.17. The molecule has 0 aliphatic carbocycles. The molecule has 0 bridgehead atoms. The van der Waals surface area contributed by atoms with Crippen LogP contribution in [0.2, 0.25) is 0 Å². The van der Waals surface area contributed by atoms with E-state index in [1.54, 1.807) is 60.8 Å². The van der Waals surface area contributed by atoms with Gasteiger partial charge in [-0.15, -0.1) is 0 Å². The first-order chi connectivity index (χ1) is 16.6. The number of rotatable bonds is 8. The second-order valence-corrected chi connectivity index (χ2v) is 7.50. The van der Waals surface area contributed by atoms with E-state index in [9.17, 15) is 9.59 Å². The maximum Gasteiger partial charge on any atom is 0.262 e. The van der Waals surface area contributed by atoms with Gasteiger partial charge in [0, 0.05) is 30.7 Å². The van der Waals surface area contributed by atoms with Crippen molar-refractivity contribution in [1.82, 2.24) is 4.98 Å². The lowest BCUT2D eigenvalue weighted by atomic mass is 10.2. The first-order valence-corrected chi connectivity index (χ1v) is 10.9. The number of methoxy groups -OCH3 is 1. The van der Waals surface area contributed by atoms with Crippen molar-refractivity contribution in [3.63, 3.8) is 0 Å². The van der Waals surface area contributed by atoms with Gasteiger partial charge in [-0.25, -0.2) is 4.98 Å². The molecule has 4 rings (SSSR count). The minimum absolute atomic E-state index is 0.185. The second-order valence-electron chi connectivity index (χ2n) is 7.50. The predicted octanol–water partition coefficient (Wildman–Crippen LogP) is 3.20. The van der Waals surface area contributed by atoms with Crippen LogP contribution in [0.4, 0.5) is 17.2 Å². The SMILES string of the molecule is COc1ccccc1OCC(=O)Nc1cccc(NC(=O)c2cccnc2N2CCOCC2)c1. The van der Waals surface area contributed by atoms with Crippen LogP contribution in [0.1, 0.15) is 10.4 Å². The number of amides is 2. The topological polar surface area (TPSA) is 102 Å². The molecular weight excluding hydrogens is 436 g/mol. The lowest BCUT2D eigenvalue weighted by Gasteiger charge is -2.29. The summed E-state index contributed by atoms with van der Waals surface area (Å²) in [7, 11) is 1.54. The molecule has 1 aliphatic heterocycles. The van der Waals surface area contributed by atoms with Crippen molar-refractivity contribution >= 4 is 29.0 Å². The first-order valence-electron chi connectivity index (χ1n) is 10.9. The highest BCUT2D eigenvalue weighted by Crippen LogP contribution is 2.26. The summed E-state index contributed by atoms with van der Waals surface area (Å²) >= 11 is 0. The number of carbonyl (C=O) groups is 2. The zero-order valence-electron chi connectivity index (χ0n) is 18.8. The van der Waals surface area contributed by atoms with Gasteiger partial charge in [-0.1, -0.05) is 18.2 Å². The van der Waals surface area contributed by atoms with E-state index in [4.69, 9.17) is 14.2 Å². The number of morpholine rings is 1. The fraction of sp³-hybridized carbons (Fsp3) is 0.240. The molecule has 2 amide bonds. The van der Waals surface area contributed by atoms with Gasteiger partial charge in [0.2, 0.25) is 0 Å². The molecule has 1 fully saturated rings. The fourth-order valence-electron chi connectivity index (χ4n) is 3.55. The number of aromatic nitrogens is 1. The molecule has 1 saturated heterocycles. The number of ether oxygens (including phenoxy) is 3. The minimum Gasteiger partial charge on any atom is -0.493 e. The van der Waals surface area contributed by atoms with Crippen molar-refractivity contribution in [3.05, 3.63) is 72.4 Å². The number of pyridine rings is 1. The zero-order chi connectivity index (χ0) is 23.8. The molecular formula is C25H26N4O5. The zero-order valence-corrected chi connectivity index (χ0v) is 18.8. The van der Waals surface area contributed by atoms with Crippen molar-refractivity contribution in [1.29, 1.82) is 0 Å². The smallest absolute Gasteiger partial charge is 0.262 e.